The van der Waals surface area contributed by atoms with Crippen molar-refractivity contribution in [2.75, 3.05) is 26.2 Å². The van der Waals surface area contributed by atoms with Gasteiger partial charge in [0.1, 0.15) is 0 Å². The maximum Gasteiger partial charge on any atom is 0.407 e. The average Bonchev–Trinajstić information content (AvgIpc) is 2.49. The van der Waals surface area contributed by atoms with Gasteiger partial charge < -0.3 is 15.2 Å². The number of rotatable bonds is 0. The Morgan fingerprint density at radius 1 is 1.58 bits per heavy atom. The standard InChI is InChI=1S/C7H12N2O3/c10-7(11)9-1-2-12-6-4-8-3-5(6)9/h5-6,8H,1-4H2,(H,10,11)/t5-,6+/m0/s1. The van der Waals surface area contributed by atoms with Crippen LogP contribution in [0.4, 0.5) is 4.79 Å². The predicted octanol–water partition coefficient (Wildman–Crippen LogP) is -0.663. The molecular weight excluding hydrogens is 160 g/mol. The van der Waals surface area contributed by atoms with Crippen molar-refractivity contribution < 1.29 is 14.6 Å². The highest BCUT2D eigenvalue weighted by Gasteiger charge is 2.38. The summed E-state index contributed by atoms with van der Waals surface area (Å²) in [6.07, 6.45) is -0.771. The van der Waals surface area contributed by atoms with Crippen molar-refractivity contribution in [2.24, 2.45) is 0 Å². The first-order valence-electron chi connectivity index (χ1n) is 4.11. The van der Waals surface area contributed by atoms with Crippen molar-refractivity contribution in [3.05, 3.63) is 0 Å². The van der Waals surface area contributed by atoms with Crippen LogP contribution in [0.5, 0.6) is 0 Å². The van der Waals surface area contributed by atoms with E-state index in [2.05, 4.69) is 5.32 Å². The number of carboxylic acid groups (broad SMARTS) is 1. The topological polar surface area (TPSA) is 61.8 Å². The van der Waals surface area contributed by atoms with Crippen molar-refractivity contribution in [1.29, 1.82) is 0 Å². The molecule has 2 saturated heterocycles. The molecule has 68 valence electrons. The number of nitrogens with zero attached hydrogens (tertiary/aromatic N) is 1. The molecule has 2 aliphatic heterocycles. The minimum absolute atomic E-state index is 0.0243. The molecule has 2 heterocycles. The van der Waals surface area contributed by atoms with E-state index in [1.165, 1.54) is 4.90 Å². The number of morpholine rings is 1. The molecule has 0 aliphatic carbocycles. The lowest BCUT2D eigenvalue weighted by Gasteiger charge is -2.34. The summed E-state index contributed by atoms with van der Waals surface area (Å²) in [4.78, 5) is 12.2. The molecule has 2 N–H and O–H groups in total. The lowest BCUT2D eigenvalue weighted by molar-refractivity contribution is -0.0377. The lowest BCUT2D eigenvalue weighted by atomic mass is 10.1. The van der Waals surface area contributed by atoms with E-state index >= 15 is 0 Å². The molecule has 2 rings (SSSR count). The van der Waals surface area contributed by atoms with E-state index in [4.69, 9.17) is 9.84 Å². The molecule has 0 unspecified atom stereocenters. The van der Waals surface area contributed by atoms with Gasteiger partial charge in [0.05, 0.1) is 18.8 Å². The predicted molar refractivity (Wildman–Crippen MR) is 41.1 cm³/mol. The van der Waals surface area contributed by atoms with E-state index < -0.39 is 6.09 Å². The maximum absolute atomic E-state index is 10.7. The number of ether oxygens (including phenoxy) is 1. The summed E-state index contributed by atoms with van der Waals surface area (Å²) in [5.74, 6) is 0. The van der Waals surface area contributed by atoms with Gasteiger partial charge in [-0.1, -0.05) is 0 Å². The van der Waals surface area contributed by atoms with Crippen molar-refractivity contribution in [3.8, 4) is 0 Å². The van der Waals surface area contributed by atoms with Crippen molar-refractivity contribution >= 4 is 6.09 Å². The summed E-state index contributed by atoms with van der Waals surface area (Å²) >= 11 is 0. The Hall–Kier alpha value is -0.810. The van der Waals surface area contributed by atoms with E-state index in [9.17, 15) is 4.79 Å². The minimum atomic E-state index is -0.836. The van der Waals surface area contributed by atoms with Crippen LogP contribution in [0.1, 0.15) is 0 Å². The molecule has 2 atom stereocenters. The molecule has 2 aliphatic rings. The summed E-state index contributed by atoms with van der Waals surface area (Å²) in [7, 11) is 0. The normalized spacial score (nSPS) is 34.8. The fourth-order valence-electron chi connectivity index (χ4n) is 1.83. The molecule has 0 saturated carbocycles. The molecule has 12 heavy (non-hydrogen) atoms. The number of nitrogens with one attached hydrogen (secondary N) is 1. The summed E-state index contributed by atoms with van der Waals surface area (Å²) in [6, 6.07) is 0.0243. The summed E-state index contributed by atoms with van der Waals surface area (Å²) < 4.78 is 5.41. The van der Waals surface area contributed by atoms with Crippen LogP contribution in [0.3, 0.4) is 0 Å². The highest BCUT2D eigenvalue weighted by molar-refractivity contribution is 5.65. The van der Waals surface area contributed by atoms with Gasteiger partial charge in [-0.05, 0) is 0 Å². The average molecular weight is 172 g/mol. The SMILES string of the molecule is O=C(O)N1CCO[C@@H]2CNC[C@@H]21. The van der Waals surface area contributed by atoms with Crippen molar-refractivity contribution in [2.45, 2.75) is 12.1 Å². The van der Waals surface area contributed by atoms with E-state index in [1.54, 1.807) is 0 Å². The first kappa shape index (κ1) is 7.82. The molecule has 0 bridgehead atoms. The van der Waals surface area contributed by atoms with Crippen LogP contribution in [-0.4, -0.2) is 54.5 Å². The van der Waals surface area contributed by atoms with Crippen LogP contribution >= 0.6 is 0 Å². The largest absolute Gasteiger partial charge is 0.465 e. The quantitative estimate of drug-likeness (QED) is 0.509. The van der Waals surface area contributed by atoms with Crippen LogP contribution in [-0.2, 0) is 4.74 Å². The van der Waals surface area contributed by atoms with Crippen molar-refractivity contribution in [1.82, 2.24) is 10.2 Å². The van der Waals surface area contributed by atoms with Crippen LogP contribution in [0.25, 0.3) is 0 Å². The molecule has 5 heteroatoms. The number of carbonyl (C=O) groups is 1. The van der Waals surface area contributed by atoms with Crippen LogP contribution < -0.4 is 5.32 Å². The van der Waals surface area contributed by atoms with Crippen molar-refractivity contribution in [3.63, 3.8) is 0 Å². The van der Waals surface area contributed by atoms with Crippen LogP contribution in [0.15, 0.2) is 0 Å². The molecule has 1 amide bonds. The summed E-state index contributed by atoms with van der Waals surface area (Å²) in [5, 5.41) is 11.9. The molecule has 0 aromatic rings. The fraction of sp³-hybridized carbons (Fsp3) is 0.857. The lowest BCUT2D eigenvalue weighted by Crippen LogP contribution is -2.52. The van der Waals surface area contributed by atoms with E-state index in [0.29, 0.717) is 13.2 Å². The second-order valence-corrected chi connectivity index (χ2v) is 3.11. The molecule has 0 aromatic heterocycles. The molecule has 0 radical (unpaired) electrons. The zero-order chi connectivity index (χ0) is 8.55. The van der Waals surface area contributed by atoms with Gasteiger partial charge in [0.2, 0.25) is 0 Å². The first-order chi connectivity index (χ1) is 5.79. The van der Waals surface area contributed by atoms with E-state index in [0.717, 1.165) is 13.1 Å². The van der Waals surface area contributed by atoms with Gasteiger partial charge in [-0.2, -0.15) is 0 Å². The Labute approximate surface area is 70.3 Å². The number of fused-ring (bicyclic) bond motifs is 1. The van der Waals surface area contributed by atoms with E-state index in [1.807, 2.05) is 0 Å². The molecule has 2 fully saturated rings. The number of hydrogen-bond donors (Lipinski definition) is 2. The summed E-state index contributed by atoms with van der Waals surface area (Å²) in [5.41, 5.74) is 0. The third-order valence-electron chi connectivity index (χ3n) is 2.44. The van der Waals surface area contributed by atoms with Gasteiger partial charge in [-0.25, -0.2) is 4.79 Å². The Morgan fingerprint density at radius 3 is 3.17 bits per heavy atom. The molecular formula is C7H12N2O3. The third kappa shape index (κ3) is 1.15. The Balaban J connectivity index is 2.08. The second-order valence-electron chi connectivity index (χ2n) is 3.11. The monoisotopic (exact) mass is 172 g/mol. The Morgan fingerprint density at radius 2 is 2.42 bits per heavy atom. The number of amides is 1. The summed E-state index contributed by atoms with van der Waals surface area (Å²) in [6.45, 7) is 2.51. The Bertz CT molecular complexity index is 197. The molecule has 5 nitrogen and oxygen atoms in total. The zero-order valence-electron chi connectivity index (χ0n) is 6.69. The molecule has 0 aromatic carbocycles. The number of hydrogen-bond acceptors (Lipinski definition) is 3. The van der Waals surface area contributed by atoms with Gasteiger partial charge >= 0.3 is 6.09 Å². The first-order valence-corrected chi connectivity index (χ1v) is 4.11. The fourth-order valence-corrected chi connectivity index (χ4v) is 1.83. The second kappa shape index (κ2) is 2.91. The third-order valence-corrected chi connectivity index (χ3v) is 2.44. The van der Waals surface area contributed by atoms with Gasteiger partial charge in [0, 0.05) is 19.6 Å². The van der Waals surface area contributed by atoms with E-state index in [-0.39, 0.29) is 12.1 Å². The van der Waals surface area contributed by atoms with Gasteiger partial charge in [-0.15, -0.1) is 0 Å². The van der Waals surface area contributed by atoms with Crippen LogP contribution in [0.2, 0.25) is 0 Å². The minimum Gasteiger partial charge on any atom is -0.465 e. The highest BCUT2D eigenvalue weighted by Crippen LogP contribution is 2.17. The molecule has 0 spiro atoms. The maximum atomic E-state index is 10.7. The van der Waals surface area contributed by atoms with Crippen LogP contribution in [0, 0.1) is 0 Å². The van der Waals surface area contributed by atoms with Gasteiger partial charge in [-0.3, -0.25) is 4.90 Å². The highest BCUT2D eigenvalue weighted by atomic mass is 16.5. The zero-order valence-corrected chi connectivity index (χ0v) is 6.69. The smallest absolute Gasteiger partial charge is 0.407 e. The Kier molecular flexibility index (Phi) is 1.90. The van der Waals surface area contributed by atoms with Gasteiger partial charge in [0.25, 0.3) is 0 Å². The van der Waals surface area contributed by atoms with Gasteiger partial charge in [0.15, 0.2) is 0 Å².